The lowest BCUT2D eigenvalue weighted by atomic mass is 9.85. The van der Waals surface area contributed by atoms with Gasteiger partial charge in [-0.05, 0) is 32.9 Å². The number of amidine groups is 1. The number of aromatic nitrogens is 3. The van der Waals surface area contributed by atoms with E-state index in [1.54, 1.807) is 39.1 Å². The average Bonchev–Trinajstić information content (AvgIpc) is 3.07. The third-order valence-electron chi connectivity index (χ3n) is 5.00. The van der Waals surface area contributed by atoms with Crippen LogP contribution in [0.5, 0.6) is 0 Å². The molecule has 0 unspecified atom stereocenters. The van der Waals surface area contributed by atoms with Crippen LogP contribution >= 0.6 is 11.8 Å². The number of aliphatic imine (C=N–C) groups is 1. The van der Waals surface area contributed by atoms with Crippen LogP contribution < -0.4 is 16.0 Å². The van der Waals surface area contributed by atoms with Crippen LogP contribution in [-0.2, 0) is 10.3 Å². The lowest BCUT2D eigenvalue weighted by Crippen LogP contribution is -2.44. The van der Waals surface area contributed by atoms with Gasteiger partial charge in [0.05, 0.1) is 24.6 Å². The Hall–Kier alpha value is -2.95. The van der Waals surface area contributed by atoms with E-state index in [4.69, 9.17) is 15.5 Å². The summed E-state index contributed by atoms with van der Waals surface area (Å²) in [7, 11) is 0. The molecule has 2 aliphatic heterocycles. The number of hydrogen-bond donors (Lipinski definition) is 2. The highest BCUT2D eigenvalue weighted by atomic mass is 32.2. The molecule has 2 atom stereocenters. The fourth-order valence-corrected chi connectivity index (χ4v) is 4.84. The Labute approximate surface area is 183 Å². The van der Waals surface area contributed by atoms with E-state index in [1.165, 1.54) is 11.8 Å². The van der Waals surface area contributed by atoms with E-state index in [-0.39, 0.29) is 5.92 Å². The number of anilines is 2. The largest absolute Gasteiger partial charge is 0.444 e. The second kappa shape index (κ2) is 7.95. The number of pyridine rings is 1. The molecule has 4 heterocycles. The molecule has 0 aromatic carbocycles. The molecule has 0 spiro atoms. The SMILES string of the molecule is CC(C)(C)OC(=O)NC1=N[C@]2(c3cc(N)ccn3)CN(c3ncc(F)cn3)C[C@@H]2CS1. The Bertz CT molecular complexity index is 1010. The lowest BCUT2D eigenvalue weighted by molar-refractivity contribution is 0.0564. The monoisotopic (exact) mass is 445 g/mol. The minimum absolute atomic E-state index is 0.0599. The molecule has 4 rings (SSSR count). The van der Waals surface area contributed by atoms with E-state index in [9.17, 15) is 9.18 Å². The number of carbonyl (C=O) groups is 1. The molecule has 164 valence electrons. The second-order valence-electron chi connectivity index (χ2n) is 8.53. The number of alkyl carbamates (subject to hydrolysis) is 1. The molecule has 2 aromatic heterocycles. The molecule has 0 bridgehead atoms. The van der Waals surface area contributed by atoms with Crippen LogP contribution in [0.1, 0.15) is 26.5 Å². The van der Waals surface area contributed by atoms with Gasteiger partial charge in [0.15, 0.2) is 11.0 Å². The summed E-state index contributed by atoms with van der Waals surface area (Å²) in [5.41, 5.74) is 5.92. The van der Waals surface area contributed by atoms with Gasteiger partial charge in [0.2, 0.25) is 5.95 Å². The molecule has 2 aliphatic rings. The van der Waals surface area contributed by atoms with Crippen molar-refractivity contribution in [2.45, 2.75) is 31.9 Å². The Kier molecular flexibility index (Phi) is 5.46. The Morgan fingerprint density at radius 2 is 2.10 bits per heavy atom. The van der Waals surface area contributed by atoms with Crippen molar-refractivity contribution in [3.8, 4) is 0 Å². The highest BCUT2D eigenvalue weighted by Crippen LogP contribution is 2.45. The number of fused-ring (bicyclic) bond motifs is 1. The fraction of sp³-hybridized carbons (Fsp3) is 0.450. The van der Waals surface area contributed by atoms with Gasteiger partial charge < -0.3 is 15.4 Å². The van der Waals surface area contributed by atoms with Crippen LogP contribution in [0.15, 0.2) is 35.7 Å². The average molecular weight is 446 g/mol. The molecule has 0 aliphatic carbocycles. The third-order valence-corrected chi connectivity index (χ3v) is 6.03. The van der Waals surface area contributed by atoms with Crippen molar-refractivity contribution in [1.29, 1.82) is 0 Å². The maximum atomic E-state index is 13.3. The van der Waals surface area contributed by atoms with Gasteiger partial charge in [0.25, 0.3) is 0 Å². The standard InChI is InChI=1S/C20H24FN7O2S/c1-19(2,3)30-18(29)26-17-27-20(15-6-14(22)4-5-23-15)11-28(9-12(20)10-31-17)16-24-7-13(21)8-25-16/h4-8,12H,9-11H2,1-3H3,(H2,22,23)(H,26,27,29)/t12-,20-/m1/s1. The van der Waals surface area contributed by atoms with Gasteiger partial charge in [-0.3, -0.25) is 10.3 Å². The van der Waals surface area contributed by atoms with E-state index < -0.39 is 23.1 Å². The normalized spacial score (nSPS) is 23.2. The number of nitrogens with zero attached hydrogens (tertiary/aromatic N) is 5. The summed E-state index contributed by atoms with van der Waals surface area (Å²) >= 11 is 1.44. The first kappa shape index (κ1) is 21.3. The number of nitrogens with one attached hydrogen (secondary N) is 1. The van der Waals surface area contributed by atoms with Crippen LogP contribution in [0.25, 0.3) is 0 Å². The number of hydrogen-bond acceptors (Lipinski definition) is 9. The number of rotatable bonds is 2. The molecular weight excluding hydrogens is 421 g/mol. The van der Waals surface area contributed by atoms with Crippen LogP contribution in [0, 0.1) is 11.7 Å². The van der Waals surface area contributed by atoms with Gasteiger partial charge in [-0.25, -0.2) is 24.1 Å². The van der Waals surface area contributed by atoms with Crippen LogP contribution in [0.2, 0.25) is 0 Å². The zero-order valence-corrected chi connectivity index (χ0v) is 18.3. The van der Waals surface area contributed by atoms with Crippen molar-refractivity contribution in [2.75, 3.05) is 29.5 Å². The molecule has 1 saturated heterocycles. The second-order valence-corrected chi connectivity index (χ2v) is 9.54. The highest BCUT2D eigenvalue weighted by molar-refractivity contribution is 8.13. The zero-order valence-electron chi connectivity index (χ0n) is 17.5. The smallest absolute Gasteiger partial charge is 0.413 e. The summed E-state index contributed by atoms with van der Waals surface area (Å²) in [5, 5.41) is 3.21. The third kappa shape index (κ3) is 4.55. The van der Waals surface area contributed by atoms with Gasteiger partial charge in [0.1, 0.15) is 11.1 Å². The predicted octanol–water partition coefficient (Wildman–Crippen LogP) is 2.55. The topological polar surface area (TPSA) is 119 Å². The zero-order chi connectivity index (χ0) is 22.2. The number of halogens is 1. The first-order chi connectivity index (χ1) is 14.6. The van der Waals surface area contributed by atoms with E-state index in [0.29, 0.717) is 41.3 Å². The van der Waals surface area contributed by atoms with Gasteiger partial charge in [-0.2, -0.15) is 0 Å². The van der Waals surface area contributed by atoms with Crippen molar-refractivity contribution in [3.05, 3.63) is 42.2 Å². The maximum absolute atomic E-state index is 13.3. The number of amides is 1. The van der Waals surface area contributed by atoms with Gasteiger partial charge in [0, 0.05) is 30.1 Å². The van der Waals surface area contributed by atoms with Gasteiger partial charge >= 0.3 is 6.09 Å². The van der Waals surface area contributed by atoms with Crippen LogP contribution in [0.3, 0.4) is 0 Å². The van der Waals surface area contributed by atoms with E-state index in [2.05, 4.69) is 20.3 Å². The minimum atomic E-state index is -0.761. The number of ether oxygens (including phenoxy) is 1. The number of nitrogens with two attached hydrogens (primary N) is 1. The summed E-state index contributed by atoms with van der Waals surface area (Å²) in [4.78, 5) is 32.0. The number of nitrogen functional groups attached to an aromatic ring is 1. The fourth-order valence-electron chi connectivity index (χ4n) is 3.72. The molecule has 11 heteroatoms. The predicted molar refractivity (Wildman–Crippen MR) is 117 cm³/mol. The summed E-state index contributed by atoms with van der Waals surface area (Å²) < 4.78 is 18.7. The minimum Gasteiger partial charge on any atom is -0.444 e. The molecule has 1 amide bonds. The van der Waals surface area contributed by atoms with Crippen molar-refractivity contribution in [3.63, 3.8) is 0 Å². The molecule has 2 aromatic rings. The number of thioether (sulfide) groups is 1. The molecular formula is C20H24FN7O2S. The quantitative estimate of drug-likeness (QED) is 0.724. The van der Waals surface area contributed by atoms with Crippen LogP contribution in [-0.4, -0.2) is 50.7 Å². The first-order valence-corrected chi connectivity index (χ1v) is 10.8. The van der Waals surface area contributed by atoms with Crippen molar-refractivity contribution < 1.29 is 13.9 Å². The van der Waals surface area contributed by atoms with Crippen molar-refractivity contribution in [1.82, 2.24) is 20.3 Å². The molecule has 31 heavy (non-hydrogen) atoms. The van der Waals surface area contributed by atoms with Crippen molar-refractivity contribution in [2.24, 2.45) is 10.9 Å². The Morgan fingerprint density at radius 3 is 2.77 bits per heavy atom. The maximum Gasteiger partial charge on any atom is 0.413 e. The Morgan fingerprint density at radius 1 is 1.35 bits per heavy atom. The molecule has 3 N–H and O–H groups in total. The molecule has 0 radical (unpaired) electrons. The molecule has 1 fully saturated rings. The van der Waals surface area contributed by atoms with Crippen LogP contribution in [0.4, 0.5) is 20.8 Å². The summed E-state index contributed by atoms with van der Waals surface area (Å²) in [5.74, 6) is 0.665. The Balaban J connectivity index is 1.68. The lowest BCUT2D eigenvalue weighted by Gasteiger charge is -2.34. The van der Waals surface area contributed by atoms with E-state index in [1.807, 2.05) is 4.90 Å². The summed E-state index contributed by atoms with van der Waals surface area (Å²) in [6.45, 7) is 6.43. The van der Waals surface area contributed by atoms with E-state index >= 15 is 0 Å². The molecule has 0 saturated carbocycles. The summed E-state index contributed by atoms with van der Waals surface area (Å²) in [6.07, 6.45) is 3.36. The number of carbonyl (C=O) groups excluding carboxylic acids is 1. The van der Waals surface area contributed by atoms with E-state index in [0.717, 1.165) is 12.4 Å². The van der Waals surface area contributed by atoms with Crippen molar-refractivity contribution >= 4 is 34.7 Å². The van der Waals surface area contributed by atoms with Gasteiger partial charge in [-0.15, -0.1) is 0 Å². The van der Waals surface area contributed by atoms with Gasteiger partial charge in [-0.1, -0.05) is 11.8 Å². The highest BCUT2D eigenvalue weighted by Gasteiger charge is 2.52. The summed E-state index contributed by atoms with van der Waals surface area (Å²) in [6, 6.07) is 3.51. The first-order valence-electron chi connectivity index (χ1n) is 9.82. The molecule has 9 nitrogen and oxygen atoms in total.